The largest absolute Gasteiger partial charge is 0.316 e. The lowest BCUT2D eigenvalue weighted by atomic mass is 9.81. The molecule has 1 saturated carbocycles. The van der Waals surface area contributed by atoms with Gasteiger partial charge in [-0.2, -0.15) is 0 Å². The number of nitrogens with one attached hydrogen (secondary N) is 1. The third-order valence-electron chi connectivity index (χ3n) is 4.71. The van der Waals surface area contributed by atoms with Crippen molar-refractivity contribution in [1.29, 1.82) is 0 Å². The Bertz CT molecular complexity index is 237. The Labute approximate surface area is 114 Å². The van der Waals surface area contributed by atoms with Crippen molar-refractivity contribution >= 4 is 0 Å². The van der Waals surface area contributed by atoms with Crippen LogP contribution >= 0.6 is 0 Å². The Morgan fingerprint density at radius 2 is 1.94 bits per heavy atom. The summed E-state index contributed by atoms with van der Waals surface area (Å²) in [6.07, 6.45) is 8.55. The molecule has 2 fully saturated rings. The highest BCUT2D eigenvalue weighted by atomic mass is 15.2. The number of hydrogen-bond acceptors (Lipinski definition) is 2. The molecule has 1 heterocycles. The molecular weight excluding hydrogens is 220 g/mol. The average molecular weight is 252 g/mol. The van der Waals surface area contributed by atoms with E-state index in [-0.39, 0.29) is 0 Å². The van der Waals surface area contributed by atoms with E-state index in [1.165, 1.54) is 64.7 Å². The summed E-state index contributed by atoms with van der Waals surface area (Å²) >= 11 is 0. The summed E-state index contributed by atoms with van der Waals surface area (Å²) in [4.78, 5) is 2.82. The predicted molar refractivity (Wildman–Crippen MR) is 78.9 cm³/mol. The molecule has 1 atom stereocenters. The van der Waals surface area contributed by atoms with Crippen LogP contribution < -0.4 is 5.32 Å². The van der Waals surface area contributed by atoms with Gasteiger partial charge in [0.25, 0.3) is 0 Å². The summed E-state index contributed by atoms with van der Waals surface area (Å²) in [6.45, 7) is 12.3. The summed E-state index contributed by atoms with van der Waals surface area (Å²) in [7, 11) is 0. The van der Waals surface area contributed by atoms with Crippen LogP contribution in [0.1, 0.15) is 59.3 Å². The van der Waals surface area contributed by atoms with Crippen molar-refractivity contribution in [3.63, 3.8) is 0 Å². The van der Waals surface area contributed by atoms with Gasteiger partial charge in [-0.15, -0.1) is 0 Å². The summed E-state index contributed by atoms with van der Waals surface area (Å²) in [5, 5.41) is 3.60. The van der Waals surface area contributed by atoms with Crippen LogP contribution in [0.4, 0.5) is 0 Å². The Balaban J connectivity index is 1.94. The van der Waals surface area contributed by atoms with Gasteiger partial charge in [0, 0.05) is 25.7 Å². The molecule has 2 rings (SSSR count). The topological polar surface area (TPSA) is 15.3 Å². The van der Waals surface area contributed by atoms with Gasteiger partial charge in [-0.1, -0.05) is 33.6 Å². The fourth-order valence-electron chi connectivity index (χ4n) is 3.83. The third-order valence-corrected chi connectivity index (χ3v) is 4.71. The normalized spacial score (nSPS) is 30.5. The molecule has 1 aliphatic heterocycles. The van der Waals surface area contributed by atoms with Gasteiger partial charge in [0.1, 0.15) is 0 Å². The number of nitrogens with zero attached hydrogens (tertiary/aromatic N) is 1. The van der Waals surface area contributed by atoms with E-state index < -0.39 is 0 Å². The van der Waals surface area contributed by atoms with Crippen molar-refractivity contribution in [3.8, 4) is 0 Å². The maximum atomic E-state index is 3.60. The molecule has 0 spiro atoms. The van der Waals surface area contributed by atoms with Gasteiger partial charge < -0.3 is 5.32 Å². The van der Waals surface area contributed by atoms with Gasteiger partial charge in [-0.3, -0.25) is 4.90 Å². The SMILES string of the molecule is CC(C)CN(CC1(C)CCCNC1)C1CCCC1. The first-order chi connectivity index (χ1) is 8.59. The minimum atomic E-state index is 0.510. The lowest BCUT2D eigenvalue weighted by Crippen LogP contribution is -2.49. The van der Waals surface area contributed by atoms with Crippen molar-refractivity contribution in [2.45, 2.75) is 65.3 Å². The zero-order valence-corrected chi connectivity index (χ0v) is 12.7. The Kier molecular flexibility index (Phi) is 5.08. The van der Waals surface area contributed by atoms with Crippen LogP contribution in [0, 0.1) is 11.3 Å². The highest BCUT2D eigenvalue weighted by Gasteiger charge is 2.32. The molecule has 2 aliphatic rings. The minimum Gasteiger partial charge on any atom is -0.316 e. The molecule has 1 aliphatic carbocycles. The van der Waals surface area contributed by atoms with E-state index in [0.717, 1.165) is 12.0 Å². The van der Waals surface area contributed by atoms with Gasteiger partial charge in [0.15, 0.2) is 0 Å². The number of piperidine rings is 1. The van der Waals surface area contributed by atoms with Gasteiger partial charge in [0.2, 0.25) is 0 Å². The van der Waals surface area contributed by atoms with E-state index in [4.69, 9.17) is 0 Å². The lowest BCUT2D eigenvalue weighted by Gasteiger charge is -2.41. The maximum Gasteiger partial charge on any atom is 0.00956 e. The van der Waals surface area contributed by atoms with Gasteiger partial charge >= 0.3 is 0 Å². The molecule has 2 nitrogen and oxygen atoms in total. The minimum absolute atomic E-state index is 0.510. The molecular formula is C16H32N2. The van der Waals surface area contributed by atoms with Crippen LogP contribution in [0.25, 0.3) is 0 Å². The first-order valence-corrected chi connectivity index (χ1v) is 8.04. The standard InChI is InChI=1S/C16H32N2/c1-14(2)11-18(15-7-4-5-8-15)13-16(3)9-6-10-17-12-16/h14-15,17H,4-13H2,1-3H3. The highest BCUT2D eigenvalue weighted by Crippen LogP contribution is 2.31. The van der Waals surface area contributed by atoms with Crippen LogP contribution in [0.15, 0.2) is 0 Å². The van der Waals surface area contributed by atoms with E-state index >= 15 is 0 Å². The molecule has 1 saturated heterocycles. The average Bonchev–Trinajstić information content (AvgIpc) is 2.81. The first-order valence-electron chi connectivity index (χ1n) is 8.04. The number of rotatable bonds is 5. The molecule has 0 amide bonds. The van der Waals surface area contributed by atoms with Crippen LogP contribution in [0.2, 0.25) is 0 Å². The first kappa shape index (κ1) is 14.3. The van der Waals surface area contributed by atoms with E-state index in [1.807, 2.05) is 0 Å². The monoisotopic (exact) mass is 252 g/mol. The fraction of sp³-hybridized carbons (Fsp3) is 1.00. The molecule has 0 radical (unpaired) electrons. The smallest absolute Gasteiger partial charge is 0.00956 e. The second kappa shape index (κ2) is 6.38. The van der Waals surface area contributed by atoms with Crippen molar-refractivity contribution in [2.24, 2.45) is 11.3 Å². The molecule has 1 unspecified atom stereocenters. The fourth-order valence-corrected chi connectivity index (χ4v) is 3.83. The van der Waals surface area contributed by atoms with E-state index in [2.05, 4.69) is 31.0 Å². The van der Waals surface area contributed by atoms with Crippen LogP contribution in [0.5, 0.6) is 0 Å². The summed E-state index contributed by atoms with van der Waals surface area (Å²) in [5.74, 6) is 0.797. The quantitative estimate of drug-likeness (QED) is 0.808. The summed E-state index contributed by atoms with van der Waals surface area (Å²) in [5.41, 5.74) is 0.510. The second-order valence-corrected chi connectivity index (χ2v) is 7.35. The van der Waals surface area contributed by atoms with E-state index in [9.17, 15) is 0 Å². The zero-order chi connectivity index (χ0) is 13.0. The molecule has 18 heavy (non-hydrogen) atoms. The van der Waals surface area contributed by atoms with Crippen molar-refractivity contribution in [3.05, 3.63) is 0 Å². The Morgan fingerprint density at radius 3 is 2.50 bits per heavy atom. The predicted octanol–water partition coefficient (Wildman–Crippen LogP) is 3.28. The van der Waals surface area contributed by atoms with Crippen molar-refractivity contribution in [2.75, 3.05) is 26.2 Å². The van der Waals surface area contributed by atoms with Gasteiger partial charge in [-0.25, -0.2) is 0 Å². The zero-order valence-electron chi connectivity index (χ0n) is 12.7. The molecule has 0 bridgehead atoms. The van der Waals surface area contributed by atoms with Crippen LogP contribution in [-0.4, -0.2) is 37.1 Å². The molecule has 106 valence electrons. The molecule has 2 heteroatoms. The third kappa shape index (κ3) is 3.96. The van der Waals surface area contributed by atoms with Crippen LogP contribution in [0.3, 0.4) is 0 Å². The summed E-state index contributed by atoms with van der Waals surface area (Å²) < 4.78 is 0. The van der Waals surface area contributed by atoms with E-state index in [0.29, 0.717) is 5.41 Å². The van der Waals surface area contributed by atoms with Gasteiger partial charge in [-0.05, 0) is 43.6 Å². The second-order valence-electron chi connectivity index (χ2n) is 7.35. The van der Waals surface area contributed by atoms with Gasteiger partial charge in [0.05, 0.1) is 0 Å². The molecule has 0 aromatic rings. The Hall–Kier alpha value is -0.0800. The van der Waals surface area contributed by atoms with Crippen molar-refractivity contribution in [1.82, 2.24) is 10.2 Å². The molecule has 1 N–H and O–H groups in total. The maximum absolute atomic E-state index is 3.60. The highest BCUT2D eigenvalue weighted by molar-refractivity contribution is 4.88. The lowest BCUT2D eigenvalue weighted by molar-refractivity contribution is 0.0887. The number of hydrogen-bond donors (Lipinski definition) is 1. The molecule has 0 aromatic carbocycles. The van der Waals surface area contributed by atoms with Crippen molar-refractivity contribution < 1.29 is 0 Å². The Morgan fingerprint density at radius 1 is 1.22 bits per heavy atom. The molecule has 0 aromatic heterocycles. The van der Waals surface area contributed by atoms with Crippen LogP contribution in [-0.2, 0) is 0 Å². The summed E-state index contributed by atoms with van der Waals surface area (Å²) in [6, 6.07) is 0.881. The van der Waals surface area contributed by atoms with E-state index in [1.54, 1.807) is 0 Å².